The van der Waals surface area contributed by atoms with Crippen LogP contribution in [-0.4, -0.2) is 32.7 Å². The van der Waals surface area contributed by atoms with Crippen LogP contribution in [-0.2, 0) is 9.59 Å². The number of benzene rings is 1. The smallest absolute Gasteiger partial charge is 0.303 e. The number of rotatable bonds is 6. The third-order valence-electron chi connectivity index (χ3n) is 3.05. The lowest BCUT2D eigenvalue weighted by molar-refractivity contribution is -0.137. The van der Waals surface area contributed by atoms with Crippen molar-refractivity contribution in [3.8, 4) is 0 Å². The third kappa shape index (κ3) is 5.30. The van der Waals surface area contributed by atoms with E-state index in [1.165, 1.54) is 16.7 Å². The summed E-state index contributed by atoms with van der Waals surface area (Å²) in [6.45, 7) is 0.338. The molecule has 7 heteroatoms. The predicted molar refractivity (Wildman–Crippen MR) is 100 cm³/mol. The number of hydrogen-bond acceptors (Lipinski definition) is 4. The molecule has 1 amide bonds. The van der Waals surface area contributed by atoms with Crippen LogP contribution < -0.4 is 0 Å². The Bertz CT molecular complexity index is 683. The summed E-state index contributed by atoms with van der Waals surface area (Å²) in [4.78, 5) is 24.8. The number of amides is 1. The first kappa shape index (κ1) is 17.9. The van der Waals surface area contributed by atoms with Crippen molar-refractivity contribution in [2.45, 2.75) is 12.8 Å². The highest BCUT2D eigenvalue weighted by Crippen LogP contribution is 2.31. The van der Waals surface area contributed by atoms with E-state index in [1.807, 2.05) is 36.4 Å². The van der Waals surface area contributed by atoms with Crippen molar-refractivity contribution in [3.63, 3.8) is 0 Å². The molecular weight excluding hydrogens is 398 g/mol. The second kappa shape index (κ2) is 8.42. The van der Waals surface area contributed by atoms with Gasteiger partial charge in [-0.2, -0.15) is 0 Å². The van der Waals surface area contributed by atoms with E-state index >= 15 is 0 Å². The van der Waals surface area contributed by atoms with Crippen LogP contribution in [0.3, 0.4) is 0 Å². The Balaban J connectivity index is 1.97. The molecule has 4 nitrogen and oxygen atoms in total. The van der Waals surface area contributed by atoms with Crippen molar-refractivity contribution in [2.24, 2.45) is 0 Å². The summed E-state index contributed by atoms with van der Waals surface area (Å²) in [7, 11) is 0. The Morgan fingerprint density at radius 2 is 2.04 bits per heavy atom. The number of carbonyl (C=O) groups is 2. The molecule has 1 N–H and O–H groups in total. The molecule has 0 radical (unpaired) electrons. The van der Waals surface area contributed by atoms with Gasteiger partial charge in [0.1, 0.15) is 4.32 Å². The lowest BCUT2D eigenvalue weighted by Gasteiger charge is -2.12. The van der Waals surface area contributed by atoms with Crippen LogP contribution in [0.25, 0.3) is 6.08 Å². The zero-order valence-electron chi connectivity index (χ0n) is 12.1. The number of thioether (sulfide) groups is 1. The molecular formula is C16H14BrNO3S2. The number of carboxylic acid groups (broad SMARTS) is 1. The molecule has 0 saturated carbocycles. The molecule has 120 valence electrons. The van der Waals surface area contributed by atoms with Gasteiger partial charge in [-0.05, 0) is 30.2 Å². The molecule has 1 aliphatic heterocycles. The molecule has 1 heterocycles. The van der Waals surface area contributed by atoms with Gasteiger partial charge in [-0.15, -0.1) is 0 Å². The Morgan fingerprint density at radius 3 is 2.70 bits per heavy atom. The molecule has 1 fully saturated rings. The number of allylic oxidation sites excluding steroid dienone is 2. The van der Waals surface area contributed by atoms with Crippen LogP contribution in [0.1, 0.15) is 18.4 Å². The zero-order valence-corrected chi connectivity index (χ0v) is 15.3. The molecule has 23 heavy (non-hydrogen) atoms. The SMILES string of the molecule is O=C(O)CCCN1C(=O)/C(=C/C=C/c2ccc(Br)cc2)SC1=S. The van der Waals surface area contributed by atoms with Crippen molar-refractivity contribution in [1.82, 2.24) is 4.90 Å². The third-order valence-corrected chi connectivity index (χ3v) is 4.98. The van der Waals surface area contributed by atoms with E-state index in [-0.39, 0.29) is 12.3 Å². The van der Waals surface area contributed by atoms with Gasteiger partial charge in [-0.1, -0.05) is 64.2 Å². The van der Waals surface area contributed by atoms with Gasteiger partial charge in [0, 0.05) is 17.4 Å². The minimum absolute atomic E-state index is 0.0274. The second-order valence-corrected chi connectivity index (χ2v) is 7.36. The van der Waals surface area contributed by atoms with Crippen molar-refractivity contribution in [2.75, 3.05) is 6.54 Å². The zero-order chi connectivity index (χ0) is 16.8. The van der Waals surface area contributed by atoms with Crippen LogP contribution in [0.4, 0.5) is 0 Å². The first-order valence-electron chi connectivity index (χ1n) is 6.87. The van der Waals surface area contributed by atoms with Crippen molar-refractivity contribution < 1.29 is 14.7 Å². The van der Waals surface area contributed by atoms with E-state index < -0.39 is 5.97 Å². The first-order chi connectivity index (χ1) is 11.0. The number of thiocarbonyl (C=S) groups is 1. The van der Waals surface area contributed by atoms with E-state index in [2.05, 4.69) is 15.9 Å². The van der Waals surface area contributed by atoms with Gasteiger partial charge in [0.2, 0.25) is 0 Å². The predicted octanol–water partition coefficient (Wildman–Crippen LogP) is 4.07. The standard InChI is InChI=1S/C16H14BrNO3S2/c17-12-8-6-11(7-9-12)3-1-4-13-15(21)18(16(22)23-13)10-2-5-14(19)20/h1,3-4,6-9H,2,5,10H2,(H,19,20)/b3-1+,13-4-. The summed E-state index contributed by atoms with van der Waals surface area (Å²) < 4.78 is 1.49. The fraction of sp³-hybridized carbons (Fsp3) is 0.188. The van der Waals surface area contributed by atoms with Crippen LogP contribution in [0.2, 0.25) is 0 Å². The van der Waals surface area contributed by atoms with Crippen LogP contribution >= 0.6 is 39.9 Å². The first-order valence-corrected chi connectivity index (χ1v) is 8.88. The molecule has 0 bridgehead atoms. The van der Waals surface area contributed by atoms with Gasteiger partial charge in [0.25, 0.3) is 5.91 Å². The Morgan fingerprint density at radius 1 is 1.35 bits per heavy atom. The van der Waals surface area contributed by atoms with Gasteiger partial charge < -0.3 is 5.11 Å². The summed E-state index contributed by atoms with van der Waals surface area (Å²) >= 11 is 9.80. The second-order valence-electron chi connectivity index (χ2n) is 4.76. The van der Waals surface area contributed by atoms with Gasteiger partial charge in [-0.3, -0.25) is 14.5 Å². The van der Waals surface area contributed by atoms with Gasteiger partial charge in [-0.25, -0.2) is 0 Å². The normalized spacial score (nSPS) is 16.7. The average Bonchev–Trinajstić information content (AvgIpc) is 2.76. The Hall–Kier alpha value is -1.44. The number of carboxylic acids is 1. The summed E-state index contributed by atoms with van der Waals surface area (Å²) in [6.07, 6.45) is 5.87. The van der Waals surface area contributed by atoms with Gasteiger partial charge in [0.15, 0.2) is 0 Å². The molecule has 2 rings (SSSR count). The quantitative estimate of drug-likeness (QED) is 0.564. The summed E-state index contributed by atoms with van der Waals surface area (Å²) in [5.74, 6) is -1.03. The highest BCUT2D eigenvalue weighted by molar-refractivity contribution is 9.10. The monoisotopic (exact) mass is 411 g/mol. The molecule has 0 spiro atoms. The van der Waals surface area contributed by atoms with Crippen molar-refractivity contribution in [3.05, 3.63) is 51.4 Å². The number of carbonyl (C=O) groups excluding carboxylic acids is 1. The maximum Gasteiger partial charge on any atom is 0.303 e. The molecule has 0 aliphatic carbocycles. The molecule has 0 aromatic heterocycles. The van der Waals surface area contributed by atoms with E-state index in [0.29, 0.717) is 22.2 Å². The lowest BCUT2D eigenvalue weighted by Crippen LogP contribution is -2.29. The van der Waals surface area contributed by atoms with E-state index in [9.17, 15) is 9.59 Å². The highest BCUT2D eigenvalue weighted by atomic mass is 79.9. The molecule has 1 aliphatic rings. The molecule has 1 aromatic carbocycles. The summed E-state index contributed by atoms with van der Waals surface area (Å²) in [5, 5.41) is 8.65. The van der Waals surface area contributed by atoms with Crippen LogP contribution in [0.5, 0.6) is 0 Å². The lowest BCUT2D eigenvalue weighted by atomic mass is 10.2. The number of nitrogens with zero attached hydrogens (tertiary/aromatic N) is 1. The van der Waals surface area contributed by atoms with Crippen LogP contribution in [0.15, 0.2) is 45.8 Å². The largest absolute Gasteiger partial charge is 0.481 e. The topological polar surface area (TPSA) is 57.6 Å². The minimum atomic E-state index is -0.872. The average molecular weight is 412 g/mol. The van der Waals surface area contributed by atoms with E-state index in [4.69, 9.17) is 17.3 Å². The molecule has 1 aromatic rings. The molecule has 1 saturated heterocycles. The highest BCUT2D eigenvalue weighted by Gasteiger charge is 2.31. The number of hydrogen-bond donors (Lipinski definition) is 1. The number of aliphatic carboxylic acids is 1. The summed E-state index contributed by atoms with van der Waals surface area (Å²) in [6, 6.07) is 7.82. The van der Waals surface area contributed by atoms with Gasteiger partial charge >= 0.3 is 5.97 Å². The Kier molecular flexibility index (Phi) is 6.56. The fourth-order valence-electron chi connectivity index (χ4n) is 1.92. The van der Waals surface area contributed by atoms with Crippen molar-refractivity contribution in [1.29, 1.82) is 0 Å². The minimum Gasteiger partial charge on any atom is -0.481 e. The van der Waals surface area contributed by atoms with Crippen molar-refractivity contribution >= 4 is 62.2 Å². The molecule has 0 unspecified atom stereocenters. The van der Waals surface area contributed by atoms with Gasteiger partial charge in [0.05, 0.1) is 4.91 Å². The Labute approximate surface area is 152 Å². The maximum atomic E-state index is 12.2. The van der Waals surface area contributed by atoms with E-state index in [1.54, 1.807) is 6.08 Å². The number of halogens is 1. The maximum absolute atomic E-state index is 12.2. The summed E-state index contributed by atoms with van der Waals surface area (Å²) in [5.41, 5.74) is 1.03. The fourth-order valence-corrected chi connectivity index (χ4v) is 3.44. The molecule has 0 atom stereocenters. The van der Waals surface area contributed by atoms with E-state index in [0.717, 1.165) is 10.0 Å². The van der Waals surface area contributed by atoms with Crippen LogP contribution in [0, 0.1) is 0 Å².